The molecule has 84 valence electrons. The molecule has 1 N–H and O–H groups in total. The lowest BCUT2D eigenvalue weighted by Crippen LogP contribution is -2.39. The highest BCUT2D eigenvalue weighted by Gasteiger charge is 2.29. The van der Waals surface area contributed by atoms with Gasteiger partial charge < -0.3 is 0 Å². The molecule has 1 atom stereocenters. The van der Waals surface area contributed by atoms with Crippen LogP contribution in [-0.4, -0.2) is 16.8 Å². The molecular weight excluding hydrogens is 228 g/mol. The van der Waals surface area contributed by atoms with Gasteiger partial charge in [-0.1, -0.05) is 0 Å². The number of nitrogens with zero attached hydrogens (tertiary/aromatic N) is 1. The zero-order valence-electron chi connectivity index (χ0n) is 8.57. The number of nitrogens with one attached hydrogen (secondary N) is 1. The van der Waals surface area contributed by atoms with Crippen LogP contribution in [0, 0.1) is 0 Å². The van der Waals surface area contributed by atoms with E-state index in [9.17, 15) is 9.59 Å². The summed E-state index contributed by atoms with van der Waals surface area (Å²) in [6.45, 7) is 0. The summed E-state index contributed by atoms with van der Waals surface area (Å²) in [5.41, 5.74) is 1.72. The number of aromatic nitrogens is 1. The van der Waals surface area contributed by atoms with Crippen molar-refractivity contribution in [3.8, 4) is 0 Å². The maximum Gasteiger partial charge on any atom is 0.234 e. The van der Waals surface area contributed by atoms with Crippen LogP contribution in [0.3, 0.4) is 0 Å². The average molecular weight is 239 g/mol. The number of piperidine rings is 1. The molecule has 0 radical (unpaired) electrons. The van der Waals surface area contributed by atoms with Crippen LogP contribution in [0.1, 0.15) is 29.9 Å². The predicted octanol–water partition coefficient (Wildman–Crippen LogP) is 1.34. The molecule has 4 nitrogen and oxygen atoms in total. The molecule has 1 aliphatic heterocycles. The Morgan fingerprint density at radius 1 is 1.50 bits per heavy atom. The number of pyridine rings is 1. The third-order valence-electron chi connectivity index (χ3n) is 2.70. The maximum absolute atomic E-state index is 11.7. The van der Waals surface area contributed by atoms with Crippen molar-refractivity contribution in [2.24, 2.45) is 0 Å². The molecular formula is C11H11ClN2O2. The van der Waals surface area contributed by atoms with E-state index in [1.165, 1.54) is 0 Å². The Hall–Kier alpha value is -1.42. The van der Waals surface area contributed by atoms with E-state index in [1.54, 1.807) is 18.5 Å². The van der Waals surface area contributed by atoms with Crippen LogP contribution in [-0.2, 0) is 15.5 Å². The summed E-state index contributed by atoms with van der Waals surface area (Å²) in [5.74, 6) is -0.427. The molecule has 1 saturated heterocycles. The Labute approximate surface area is 98.0 Å². The van der Waals surface area contributed by atoms with Crippen molar-refractivity contribution >= 4 is 23.4 Å². The van der Waals surface area contributed by atoms with Crippen molar-refractivity contribution in [2.45, 2.75) is 24.6 Å². The number of amides is 2. The van der Waals surface area contributed by atoms with E-state index >= 15 is 0 Å². The molecule has 0 bridgehead atoms. The Morgan fingerprint density at radius 3 is 3.00 bits per heavy atom. The van der Waals surface area contributed by atoms with Gasteiger partial charge in [-0.05, 0) is 23.6 Å². The first kappa shape index (κ1) is 11.1. The van der Waals surface area contributed by atoms with Crippen LogP contribution in [0.5, 0.6) is 0 Å². The largest absolute Gasteiger partial charge is 0.296 e. The van der Waals surface area contributed by atoms with Gasteiger partial charge in [-0.3, -0.25) is 19.9 Å². The van der Waals surface area contributed by atoms with Crippen molar-refractivity contribution < 1.29 is 9.59 Å². The van der Waals surface area contributed by atoms with Gasteiger partial charge in [0.25, 0.3) is 0 Å². The van der Waals surface area contributed by atoms with Crippen LogP contribution in [0.25, 0.3) is 0 Å². The van der Waals surface area contributed by atoms with Crippen LogP contribution >= 0.6 is 11.6 Å². The topological polar surface area (TPSA) is 59.1 Å². The Balaban J connectivity index is 2.30. The summed E-state index contributed by atoms with van der Waals surface area (Å²) >= 11 is 5.80. The molecule has 2 amide bonds. The highest BCUT2D eigenvalue weighted by Crippen LogP contribution is 2.27. The summed E-state index contributed by atoms with van der Waals surface area (Å²) < 4.78 is 0. The van der Waals surface area contributed by atoms with Gasteiger partial charge in [-0.2, -0.15) is 0 Å². The van der Waals surface area contributed by atoms with E-state index in [0.717, 1.165) is 11.1 Å². The molecule has 16 heavy (non-hydrogen) atoms. The minimum absolute atomic E-state index is 0.211. The van der Waals surface area contributed by atoms with E-state index in [-0.39, 0.29) is 17.7 Å². The smallest absolute Gasteiger partial charge is 0.234 e. The van der Waals surface area contributed by atoms with Gasteiger partial charge in [-0.15, -0.1) is 11.6 Å². The number of carbonyl (C=O) groups is 2. The molecule has 1 fully saturated rings. The van der Waals surface area contributed by atoms with Gasteiger partial charge in [0, 0.05) is 24.7 Å². The molecule has 0 aromatic carbocycles. The number of rotatable bonds is 2. The zero-order chi connectivity index (χ0) is 11.5. The second-order valence-corrected chi connectivity index (χ2v) is 3.98. The normalized spacial score (nSPS) is 20.7. The van der Waals surface area contributed by atoms with Gasteiger partial charge in [0.2, 0.25) is 11.8 Å². The SMILES string of the molecule is O=C1CCC(c2cnccc2CCl)C(=O)N1. The quantitative estimate of drug-likeness (QED) is 0.625. The number of imide groups is 1. The lowest BCUT2D eigenvalue weighted by Gasteiger charge is -2.22. The third-order valence-corrected chi connectivity index (χ3v) is 2.99. The number of halogens is 1. The van der Waals surface area contributed by atoms with Gasteiger partial charge >= 0.3 is 0 Å². The van der Waals surface area contributed by atoms with Gasteiger partial charge in [0.1, 0.15) is 0 Å². The number of carbonyl (C=O) groups excluding carboxylic acids is 2. The second kappa shape index (κ2) is 4.61. The lowest BCUT2D eigenvalue weighted by molar-refractivity contribution is -0.134. The maximum atomic E-state index is 11.7. The molecule has 2 heterocycles. The fourth-order valence-corrected chi connectivity index (χ4v) is 2.10. The van der Waals surface area contributed by atoms with Crippen molar-refractivity contribution in [3.05, 3.63) is 29.6 Å². The molecule has 1 aromatic heterocycles. The molecule has 0 saturated carbocycles. The Morgan fingerprint density at radius 2 is 2.31 bits per heavy atom. The van der Waals surface area contributed by atoms with Crippen LogP contribution in [0.2, 0.25) is 0 Å². The minimum Gasteiger partial charge on any atom is -0.296 e. The molecule has 1 aromatic rings. The zero-order valence-corrected chi connectivity index (χ0v) is 9.33. The molecule has 0 spiro atoms. The van der Waals surface area contributed by atoms with Crippen molar-refractivity contribution in [2.75, 3.05) is 0 Å². The first-order valence-corrected chi connectivity index (χ1v) is 5.58. The summed E-state index contributed by atoms with van der Waals surface area (Å²) in [7, 11) is 0. The van der Waals surface area contributed by atoms with Gasteiger partial charge in [0.15, 0.2) is 0 Å². The monoisotopic (exact) mass is 238 g/mol. The average Bonchev–Trinajstić information content (AvgIpc) is 2.29. The van der Waals surface area contributed by atoms with Gasteiger partial charge in [0.05, 0.1) is 5.92 Å². The standard InChI is InChI=1S/C11H11ClN2O2/c12-5-7-3-4-13-6-9(7)8-1-2-10(15)14-11(8)16/h3-4,6,8H,1-2,5H2,(H,14,15,16). The molecule has 1 aliphatic rings. The summed E-state index contributed by atoms with van der Waals surface area (Å²) in [5, 5.41) is 2.33. The molecule has 1 unspecified atom stereocenters. The van der Waals surface area contributed by atoms with Crippen molar-refractivity contribution in [1.82, 2.24) is 10.3 Å². The van der Waals surface area contributed by atoms with E-state index in [0.29, 0.717) is 18.7 Å². The highest BCUT2D eigenvalue weighted by molar-refractivity contribution is 6.17. The van der Waals surface area contributed by atoms with Crippen molar-refractivity contribution in [1.29, 1.82) is 0 Å². The van der Waals surface area contributed by atoms with Crippen LogP contribution in [0.4, 0.5) is 0 Å². The summed E-state index contributed by atoms with van der Waals surface area (Å²) in [4.78, 5) is 26.7. The van der Waals surface area contributed by atoms with Crippen molar-refractivity contribution in [3.63, 3.8) is 0 Å². The predicted molar refractivity (Wildman–Crippen MR) is 58.9 cm³/mol. The van der Waals surface area contributed by atoms with Crippen LogP contribution in [0.15, 0.2) is 18.5 Å². The fraction of sp³-hybridized carbons (Fsp3) is 0.364. The number of alkyl halides is 1. The highest BCUT2D eigenvalue weighted by atomic mass is 35.5. The minimum atomic E-state index is -0.305. The van der Waals surface area contributed by atoms with Gasteiger partial charge in [-0.25, -0.2) is 0 Å². The molecule has 5 heteroatoms. The first-order chi connectivity index (χ1) is 7.72. The Bertz CT molecular complexity index is 434. The summed E-state index contributed by atoms with van der Waals surface area (Å²) in [6.07, 6.45) is 4.19. The van der Waals surface area contributed by atoms with E-state index in [2.05, 4.69) is 10.3 Å². The van der Waals surface area contributed by atoms with E-state index < -0.39 is 0 Å². The van der Waals surface area contributed by atoms with E-state index in [1.807, 2.05) is 0 Å². The summed E-state index contributed by atoms with van der Waals surface area (Å²) in [6, 6.07) is 1.80. The molecule has 0 aliphatic carbocycles. The third kappa shape index (κ3) is 2.07. The molecule has 2 rings (SSSR count). The lowest BCUT2D eigenvalue weighted by atomic mass is 9.89. The number of hydrogen-bond donors (Lipinski definition) is 1. The van der Waals surface area contributed by atoms with Crippen LogP contribution < -0.4 is 5.32 Å². The Kier molecular flexibility index (Phi) is 3.19. The second-order valence-electron chi connectivity index (χ2n) is 3.71. The fourth-order valence-electron chi connectivity index (χ4n) is 1.86. The number of hydrogen-bond acceptors (Lipinski definition) is 3. The van der Waals surface area contributed by atoms with E-state index in [4.69, 9.17) is 11.6 Å². The first-order valence-electron chi connectivity index (χ1n) is 5.05.